The second kappa shape index (κ2) is 7.93. The van der Waals surface area contributed by atoms with Crippen LogP contribution in [0.1, 0.15) is 72.0 Å². The van der Waals surface area contributed by atoms with Gasteiger partial charge in [0.05, 0.1) is 10.5 Å². The number of nitrogens with zero attached hydrogens (tertiary/aromatic N) is 2. The first-order valence-corrected chi connectivity index (χ1v) is 10.4. The predicted octanol–water partition coefficient (Wildman–Crippen LogP) is 4.51. The molecule has 0 aliphatic carbocycles. The molecule has 170 valence electrons. The van der Waals surface area contributed by atoms with Crippen molar-refractivity contribution in [1.29, 1.82) is 0 Å². The van der Waals surface area contributed by atoms with Gasteiger partial charge in [-0.3, -0.25) is 25.1 Å². The third-order valence-electron chi connectivity index (χ3n) is 5.22. The van der Waals surface area contributed by atoms with E-state index < -0.39 is 22.0 Å². The Balaban J connectivity index is 1.99. The molecule has 2 aromatic carbocycles. The number of carbonyl (C=O) groups is 2. The number of carbonyl (C=O) groups excluding carboxylic acids is 2. The van der Waals surface area contributed by atoms with Gasteiger partial charge in [-0.15, -0.1) is 0 Å². The van der Waals surface area contributed by atoms with Crippen molar-refractivity contribution < 1.29 is 19.2 Å². The highest BCUT2D eigenvalue weighted by Gasteiger charge is 2.39. The van der Waals surface area contributed by atoms with Crippen LogP contribution < -0.4 is 10.2 Å². The van der Waals surface area contributed by atoms with E-state index in [0.29, 0.717) is 17.5 Å². The number of amides is 2. The first kappa shape index (κ1) is 23.2. The van der Waals surface area contributed by atoms with Crippen LogP contribution >= 0.6 is 0 Å². The lowest BCUT2D eigenvalue weighted by Gasteiger charge is -2.35. The van der Waals surface area contributed by atoms with E-state index in [0.717, 1.165) is 11.1 Å². The van der Waals surface area contributed by atoms with Crippen LogP contribution in [0.3, 0.4) is 0 Å². The Morgan fingerprint density at radius 2 is 1.72 bits per heavy atom. The molecule has 8 nitrogen and oxygen atoms in total. The van der Waals surface area contributed by atoms with Gasteiger partial charge in [0, 0.05) is 29.2 Å². The quantitative estimate of drug-likeness (QED) is 0.560. The number of benzene rings is 2. The van der Waals surface area contributed by atoms with Gasteiger partial charge < -0.3 is 4.74 Å². The molecular weight excluding hydrogens is 410 g/mol. The van der Waals surface area contributed by atoms with Gasteiger partial charge in [-0.2, -0.15) is 0 Å². The van der Waals surface area contributed by atoms with Crippen LogP contribution in [0.5, 0.6) is 5.75 Å². The normalized spacial score (nSPS) is 14.3. The zero-order valence-corrected chi connectivity index (χ0v) is 19.5. The summed E-state index contributed by atoms with van der Waals surface area (Å²) in [6, 6.07) is 8.21. The molecule has 0 aromatic heterocycles. The van der Waals surface area contributed by atoms with Crippen molar-refractivity contribution in [2.24, 2.45) is 0 Å². The molecule has 32 heavy (non-hydrogen) atoms. The fourth-order valence-electron chi connectivity index (χ4n) is 3.91. The largest absolute Gasteiger partial charge is 0.480 e. The molecule has 2 aromatic rings. The molecule has 0 atom stereocenters. The van der Waals surface area contributed by atoms with E-state index in [2.05, 4.69) is 5.43 Å². The summed E-state index contributed by atoms with van der Waals surface area (Å²) in [5.74, 6) is -0.756. The molecule has 0 spiro atoms. The molecule has 8 heteroatoms. The van der Waals surface area contributed by atoms with Crippen LogP contribution in [-0.4, -0.2) is 32.9 Å². The van der Waals surface area contributed by atoms with Crippen molar-refractivity contribution in [2.75, 3.05) is 0 Å². The first-order valence-electron chi connectivity index (χ1n) is 10.4. The maximum Gasteiger partial charge on any atom is 0.311 e. The minimum Gasteiger partial charge on any atom is -0.480 e. The Bertz CT molecular complexity index is 1100. The molecule has 0 saturated heterocycles. The highest BCUT2D eigenvalue weighted by Crippen LogP contribution is 2.43. The third-order valence-corrected chi connectivity index (χ3v) is 5.22. The summed E-state index contributed by atoms with van der Waals surface area (Å²) in [6.07, 6.45) is 0.341. The number of hydrogen-bond donors (Lipinski definition) is 1. The standard InChI is InChI=1S/C24H29N3O5/c1-14-10-15(2)12-16(11-14)22(29)26(23(3,4)5)25-21(28)17-8-9-19(27(30)31)20-18(17)13-24(6,7)32-20/h8-12H,13H2,1-7H3,(H,25,28). The van der Waals surface area contributed by atoms with Crippen LogP contribution in [-0.2, 0) is 6.42 Å². The molecule has 0 radical (unpaired) electrons. The highest BCUT2D eigenvalue weighted by atomic mass is 16.6. The summed E-state index contributed by atoms with van der Waals surface area (Å²) in [6.45, 7) is 12.9. The highest BCUT2D eigenvalue weighted by molar-refractivity contribution is 6.01. The minimum atomic E-state index is -0.718. The zero-order chi connectivity index (χ0) is 24.0. The minimum absolute atomic E-state index is 0.107. The molecule has 1 heterocycles. The Morgan fingerprint density at radius 3 is 2.25 bits per heavy atom. The van der Waals surface area contributed by atoms with E-state index >= 15 is 0 Å². The molecule has 0 bridgehead atoms. The number of nitro benzene ring substituents is 1. The fourth-order valence-corrected chi connectivity index (χ4v) is 3.91. The summed E-state index contributed by atoms with van der Waals surface area (Å²) < 4.78 is 5.79. The molecule has 0 saturated carbocycles. The SMILES string of the molecule is Cc1cc(C)cc(C(=O)N(NC(=O)c2ccc([N+](=O)[O-])c3c2CC(C)(C)O3)C(C)(C)C)c1. The van der Waals surface area contributed by atoms with Crippen molar-refractivity contribution in [2.45, 2.75) is 66.0 Å². The average molecular weight is 440 g/mol. The van der Waals surface area contributed by atoms with E-state index in [4.69, 9.17) is 4.74 Å². The molecule has 0 unspecified atom stereocenters. The Labute approximate surface area is 187 Å². The zero-order valence-electron chi connectivity index (χ0n) is 19.5. The molecule has 1 N–H and O–H groups in total. The maximum absolute atomic E-state index is 13.3. The van der Waals surface area contributed by atoms with Gasteiger partial charge in [0.25, 0.3) is 11.8 Å². The van der Waals surface area contributed by atoms with Gasteiger partial charge in [-0.25, -0.2) is 5.01 Å². The average Bonchev–Trinajstić information content (AvgIpc) is 2.97. The van der Waals surface area contributed by atoms with Crippen LogP contribution in [0.15, 0.2) is 30.3 Å². The molecule has 3 rings (SSSR count). The number of aryl methyl sites for hydroxylation is 2. The van der Waals surface area contributed by atoms with Crippen LogP contribution in [0.2, 0.25) is 0 Å². The second-order valence-electron chi connectivity index (χ2n) is 9.86. The lowest BCUT2D eigenvalue weighted by atomic mass is 9.96. The van der Waals surface area contributed by atoms with Gasteiger partial charge in [-0.1, -0.05) is 17.2 Å². The molecule has 2 amide bonds. The second-order valence-corrected chi connectivity index (χ2v) is 9.86. The maximum atomic E-state index is 13.3. The van der Waals surface area contributed by atoms with E-state index in [1.54, 1.807) is 12.1 Å². The number of rotatable bonds is 3. The lowest BCUT2D eigenvalue weighted by Crippen LogP contribution is -2.56. The van der Waals surface area contributed by atoms with Crippen LogP contribution in [0, 0.1) is 24.0 Å². The number of nitro groups is 1. The molecular formula is C24H29N3O5. The van der Waals surface area contributed by atoms with Gasteiger partial charge in [-0.05, 0) is 66.7 Å². The number of hydrogen-bond acceptors (Lipinski definition) is 5. The van der Waals surface area contributed by atoms with Crippen molar-refractivity contribution in [3.05, 3.63) is 68.3 Å². The topological polar surface area (TPSA) is 102 Å². The van der Waals surface area contributed by atoms with Crippen molar-refractivity contribution in [1.82, 2.24) is 10.4 Å². The third kappa shape index (κ3) is 4.59. The summed E-state index contributed by atoms with van der Waals surface area (Å²) >= 11 is 0. The van der Waals surface area contributed by atoms with E-state index in [9.17, 15) is 19.7 Å². The number of fused-ring (bicyclic) bond motifs is 1. The first-order chi connectivity index (χ1) is 14.7. The van der Waals surface area contributed by atoms with Gasteiger partial charge in [0.2, 0.25) is 5.75 Å². The summed E-state index contributed by atoms with van der Waals surface area (Å²) in [5.41, 5.74) is 4.23. The lowest BCUT2D eigenvalue weighted by molar-refractivity contribution is -0.386. The Hall–Kier alpha value is -3.42. The number of nitrogens with one attached hydrogen (secondary N) is 1. The number of ether oxygens (including phenoxy) is 1. The van der Waals surface area contributed by atoms with E-state index in [1.807, 2.05) is 54.5 Å². The Kier molecular flexibility index (Phi) is 5.76. The molecule has 1 aliphatic heterocycles. The summed E-state index contributed by atoms with van der Waals surface area (Å²) in [4.78, 5) is 37.5. The number of hydrazine groups is 1. The molecule has 1 aliphatic rings. The smallest absolute Gasteiger partial charge is 0.311 e. The van der Waals surface area contributed by atoms with E-state index in [1.165, 1.54) is 17.1 Å². The monoisotopic (exact) mass is 439 g/mol. The molecule has 0 fully saturated rings. The summed E-state index contributed by atoms with van der Waals surface area (Å²) in [5, 5.41) is 12.7. The van der Waals surface area contributed by atoms with Crippen LogP contribution in [0.25, 0.3) is 0 Å². The predicted molar refractivity (Wildman–Crippen MR) is 121 cm³/mol. The fraction of sp³-hybridized carbons (Fsp3) is 0.417. The summed E-state index contributed by atoms with van der Waals surface area (Å²) in [7, 11) is 0. The van der Waals surface area contributed by atoms with E-state index in [-0.39, 0.29) is 22.9 Å². The van der Waals surface area contributed by atoms with Gasteiger partial charge in [0.1, 0.15) is 5.60 Å². The van der Waals surface area contributed by atoms with Crippen molar-refractivity contribution >= 4 is 17.5 Å². The Morgan fingerprint density at radius 1 is 1.12 bits per heavy atom. The van der Waals surface area contributed by atoms with Gasteiger partial charge in [0.15, 0.2) is 0 Å². The van der Waals surface area contributed by atoms with Gasteiger partial charge >= 0.3 is 5.69 Å². The van der Waals surface area contributed by atoms with Crippen molar-refractivity contribution in [3.8, 4) is 5.75 Å². The van der Waals surface area contributed by atoms with Crippen LogP contribution in [0.4, 0.5) is 5.69 Å². The van der Waals surface area contributed by atoms with Crippen molar-refractivity contribution in [3.63, 3.8) is 0 Å².